The molecule has 18 heavy (non-hydrogen) atoms. The molecule has 0 amide bonds. The Labute approximate surface area is 101 Å². The van der Waals surface area contributed by atoms with Crippen LogP contribution < -0.4 is 0 Å². The van der Waals surface area contributed by atoms with Crippen molar-refractivity contribution in [2.24, 2.45) is 0 Å². The highest BCUT2D eigenvalue weighted by Gasteiger charge is 2.16. The van der Waals surface area contributed by atoms with E-state index in [-0.39, 0.29) is 11.3 Å². The van der Waals surface area contributed by atoms with E-state index in [1.165, 1.54) is 18.4 Å². The first-order valence-electron chi connectivity index (χ1n) is 5.12. The SMILES string of the molecule is O=C(CC(=O)c1ccco1)c1cc(F)cc(F)c1. The van der Waals surface area contributed by atoms with Gasteiger partial charge in [0.05, 0.1) is 12.7 Å². The predicted octanol–water partition coefficient (Wildman–Crippen LogP) is 3.01. The van der Waals surface area contributed by atoms with Crippen molar-refractivity contribution in [3.63, 3.8) is 0 Å². The van der Waals surface area contributed by atoms with Gasteiger partial charge in [0.2, 0.25) is 5.78 Å². The third-order valence-corrected chi connectivity index (χ3v) is 2.30. The largest absolute Gasteiger partial charge is 0.461 e. The molecule has 0 spiro atoms. The van der Waals surface area contributed by atoms with Gasteiger partial charge in [-0.05, 0) is 24.3 Å². The highest BCUT2D eigenvalue weighted by atomic mass is 19.1. The second-order valence-corrected chi connectivity index (χ2v) is 3.66. The molecule has 1 aromatic carbocycles. The number of rotatable bonds is 4. The first kappa shape index (κ1) is 12.2. The number of carbonyl (C=O) groups excluding carboxylic acids is 2. The second-order valence-electron chi connectivity index (χ2n) is 3.66. The highest BCUT2D eigenvalue weighted by Crippen LogP contribution is 2.12. The Hall–Kier alpha value is -2.30. The molecule has 0 saturated carbocycles. The summed E-state index contributed by atoms with van der Waals surface area (Å²) in [6.07, 6.45) is 0.815. The fourth-order valence-electron chi connectivity index (χ4n) is 1.49. The summed E-state index contributed by atoms with van der Waals surface area (Å²) in [5.41, 5.74) is -0.174. The van der Waals surface area contributed by atoms with Crippen molar-refractivity contribution in [2.45, 2.75) is 6.42 Å². The normalized spacial score (nSPS) is 10.3. The van der Waals surface area contributed by atoms with Gasteiger partial charge >= 0.3 is 0 Å². The zero-order valence-corrected chi connectivity index (χ0v) is 9.15. The lowest BCUT2D eigenvalue weighted by molar-refractivity contribution is 0.0877. The maximum absolute atomic E-state index is 12.9. The third kappa shape index (κ3) is 2.68. The number of carbonyl (C=O) groups is 2. The van der Waals surface area contributed by atoms with Crippen LogP contribution in [0.2, 0.25) is 0 Å². The van der Waals surface area contributed by atoms with Crippen molar-refractivity contribution >= 4 is 11.6 Å². The minimum atomic E-state index is -0.858. The zero-order chi connectivity index (χ0) is 13.1. The molecule has 1 aromatic heterocycles. The van der Waals surface area contributed by atoms with E-state index in [1.54, 1.807) is 0 Å². The number of ketones is 2. The smallest absolute Gasteiger partial charge is 0.205 e. The van der Waals surface area contributed by atoms with Crippen LogP contribution in [0.25, 0.3) is 0 Å². The molecule has 0 saturated heterocycles. The number of hydrogen-bond donors (Lipinski definition) is 0. The molecule has 0 aliphatic carbocycles. The number of benzene rings is 1. The van der Waals surface area contributed by atoms with Crippen LogP contribution in [0.15, 0.2) is 41.0 Å². The van der Waals surface area contributed by atoms with Crippen molar-refractivity contribution < 1.29 is 22.8 Å². The monoisotopic (exact) mass is 250 g/mol. The third-order valence-electron chi connectivity index (χ3n) is 2.30. The van der Waals surface area contributed by atoms with Gasteiger partial charge in [-0.1, -0.05) is 0 Å². The van der Waals surface area contributed by atoms with Gasteiger partial charge in [-0.3, -0.25) is 9.59 Å². The average molecular weight is 250 g/mol. The molecular weight excluding hydrogens is 242 g/mol. The summed E-state index contributed by atoms with van der Waals surface area (Å²) >= 11 is 0. The van der Waals surface area contributed by atoms with Crippen LogP contribution >= 0.6 is 0 Å². The van der Waals surface area contributed by atoms with E-state index >= 15 is 0 Å². The lowest BCUT2D eigenvalue weighted by Gasteiger charge is -2.00. The van der Waals surface area contributed by atoms with Crippen molar-refractivity contribution in [1.82, 2.24) is 0 Å². The van der Waals surface area contributed by atoms with Gasteiger partial charge in [-0.25, -0.2) is 8.78 Å². The maximum Gasteiger partial charge on any atom is 0.205 e. The maximum atomic E-state index is 12.9. The van der Waals surface area contributed by atoms with Crippen molar-refractivity contribution in [2.75, 3.05) is 0 Å². The molecule has 0 aliphatic heterocycles. The molecule has 0 aliphatic rings. The molecular formula is C13H8F2O3. The lowest BCUT2D eigenvalue weighted by atomic mass is 10.0. The molecule has 2 aromatic rings. The lowest BCUT2D eigenvalue weighted by Crippen LogP contribution is -2.08. The van der Waals surface area contributed by atoms with Gasteiger partial charge in [0.25, 0.3) is 0 Å². The molecule has 5 heteroatoms. The van der Waals surface area contributed by atoms with Crippen molar-refractivity contribution in [1.29, 1.82) is 0 Å². The van der Waals surface area contributed by atoms with Crippen LogP contribution in [0, 0.1) is 11.6 Å². The highest BCUT2D eigenvalue weighted by molar-refractivity contribution is 6.12. The van der Waals surface area contributed by atoms with Gasteiger partial charge in [0.1, 0.15) is 11.6 Å². The number of Topliss-reactive ketones (excluding diaryl/α,β-unsaturated/α-hetero) is 2. The van der Waals surface area contributed by atoms with Crippen LogP contribution in [-0.4, -0.2) is 11.6 Å². The van der Waals surface area contributed by atoms with Gasteiger partial charge in [-0.2, -0.15) is 0 Å². The molecule has 2 rings (SSSR count). The summed E-state index contributed by atoms with van der Waals surface area (Å²) in [5, 5.41) is 0. The Morgan fingerprint density at radius 2 is 1.72 bits per heavy atom. The fraction of sp³-hybridized carbons (Fsp3) is 0.0769. The van der Waals surface area contributed by atoms with Crippen LogP contribution in [0.4, 0.5) is 8.78 Å². The molecule has 0 bridgehead atoms. The molecule has 0 N–H and O–H groups in total. The average Bonchev–Trinajstić information content (AvgIpc) is 2.80. The van der Waals surface area contributed by atoms with E-state index < -0.39 is 29.6 Å². The predicted molar refractivity (Wildman–Crippen MR) is 58.3 cm³/mol. The quantitative estimate of drug-likeness (QED) is 0.619. The van der Waals surface area contributed by atoms with E-state index in [2.05, 4.69) is 0 Å². The summed E-state index contributed by atoms with van der Waals surface area (Å²) in [7, 11) is 0. The Morgan fingerprint density at radius 3 is 2.28 bits per heavy atom. The minimum absolute atomic E-state index is 0.0419. The first-order valence-corrected chi connectivity index (χ1v) is 5.12. The first-order chi connectivity index (χ1) is 8.56. The summed E-state index contributed by atoms with van der Waals surface area (Å²) in [4.78, 5) is 23.2. The van der Waals surface area contributed by atoms with E-state index in [9.17, 15) is 18.4 Å². The summed E-state index contributed by atoms with van der Waals surface area (Å²) in [5.74, 6) is -2.86. The molecule has 0 atom stereocenters. The number of furan rings is 1. The van der Waals surface area contributed by atoms with E-state index in [0.29, 0.717) is 6.07 Å². The van der Waals surface area contributed by atoms with E-state index in [1.807, 2.05) is 0 Å². The van der Waals surface area contributed by atoms with E-state index in [4.69, 9.17) is 4.42 Å². The summed E-state index contributed by atoms with van der Waals surface area (Å²) < 4.78 is 30.6. The molecule has 0 radical (unpaired) electrons. The Morgan fingerprint density at radius 1 is 1.06 bits per heavy atom. The van der Waals surface area contributed by atoms with Crippen molar-refractivity contribution in [3.8, 4) is 0 Å². The minimum Gasteiger partial charge on any atom is -0.461 e. The van der Waals surface area contributed by atoms with Crippen LogP contribution in [0.3, 0.4) is 0 Å². The zero-order valence-electron chi connectivity index (χ0n) is 9.15. The molecule has 0 fully saturated rings. The molecule has 0 unspecified atom stereocenters. The standard InChI is InChI=1S/C13H8F2O3/c14-9-4-8(5-10(15)6-9)11(16)7-12(17)13-2-1-3-18-13/h1-6H,7H2. The van der Waals surface area contributed by atoms with E-state index in [0.717, 1.165) is 12.1 Å². The molecule has 1 heterocycles. The summed E-state index contributed by atoms with van der Waals surface area (Å²) in [6, 6.07) is 5.37. The fourth-order valence-corrected chi connectivity index (χ4v) is 1.49. The molecule has 92 valence electrons. The van der Waals surface area contributed by atoms with Crippen molar-refractivity contribution in [3.05, 3.63) is 59.6 Å². The molecule has 3 nitrogen and oxygen atoms in total. The number of halogens is 2. The Bertz CT molecular complexity index is 568. The topological polar surface area (TPSA) is 47.3 Å². The number of hydrogen-bond acceptors (Lipinski definition) is 3. The Kier molecular flexibility index (Phi) is 3.32. The van der Waals surface area contributed by atoms with Gasteiger partial charge < -0.3 is 4.42 Å². The van der Waals surface area contributed by atoms with Crippen LogP contribution in [0.5, 0.6) is 0 Å². The van der Waals surface area contributed by atoms with Crippen LogP contribution in [0.1, 0.15) is 27.3 Å². The second kappa shape index (κ2) is 4.91. The van der Waals surface area contributed by atoms with Gasteiger partial charge in [0.15, 0.2) is 11.5 Å². The van der Waals surface area contributed by atoms with Gasteiger partial charge in [-0.15, -0.1) is 0 Å². The summed E-state index contributed by atoms with van der Waals surface area (Å²) in [6.45, 7) is 0. The van der Waals surface area contributed by atoms with Crippen LogP contribution in [-0.2, 0) is 0 Å². The Balaban J connectivity index is 2.15. The van der Waals surface area contributed by atoms with Gasteiger partial charge in [0, 0.05) is 11.6 Å².